The summed E-state index contributed by atoms with van der Waals surface area (Å²) in [7, 11) is 0. The maximum Gasteiger partial charge on any atom is 0.319 e. The van der Waals surface area contributed by atoms with E-state index in [9.17, 15) is 8.78 Å². The topological polar surface area (TPSA) is 80.4 Å². The van der Waals surface area contributed by atoms with E-state index in [-0.39, 0.29) is 34.9 Å². The summed E-state index contributed by atoms with van der Waals surface area (Å²) in [5.41, 5.74) is 5.83. The zero-order valence-electron chi connectivity index (χ0n) is 16.4. The van der Waals surface area contributed by atoms with Gasteiger partial charge < -0.3 is 15.4 Å². The second-order valence-corrected chi connectivity index (χ2v) is 9.49. The van der Waals surface area contributed by atoms with Crippen LogP contribution in [0.25, 0.3) is 10.9 Å². The smallest absolute Gasteiger partial charge is 0.319 e. The van der Waals surface area contributed by atoms with E-state index >= 15 is 0 Å². The van der Waals surface area contributed by atoms with Crippen molar-refractivity contribution in [2.45, 2.75) is 37.0 Å². The maximum atomic E-state index is 14.8. The highest BCUT2D eigenvalue weighted by atomic mass is 35.5. The van der Waals surface area contributed by atoms with Crippen molar-refractivity contribution in [2.75, 3.05) is 37.7 Å². The van der Waals surface area contributed by atoms with Gasteiger partial charge in [-0.2, -0.15) is 9.97 Å². The fraction of sp³-hybridized carbons (Fsp3) is 0.650. The zero-order chi connectivity index (χ0) is 20.6. The number of hydrogen-bond acceptors (Lipinski definition) is 7. The van der Waals surface area contributed by atoms with Gasteiger partial charge in [-0.05, 0) is 31.2 Å². The van der Waals surface area contributed by atoms with Gasteiger partial charge in [-0.15, -0.1) is 0 Å². The van der Waals surface area contributed by atoms with Crippen molar-refractivity contribution < 1.29 is 13.5 Å². The second kappa shape index (κ2) is 6.58. The van der Waals surface area contributed by atoms with Gasteiger partial charge in [0.15, 0.2) is 11.0 Å². The Balaban J connectivity index is 1.34. The predicted molar refractivity (Wildman–Crippen MR) is 108 cm³/mol. The zero-order valence-corrected chi connectivity index (χ0v) is 17.2. The van der Waals surface area contributed by atoms with Crippen LogP contribution in [0, 0.1) is 17.7 Å². The first kappa shape index (κ1) is 18.9. The molecule has 0 aromatic carbocycles. The molecule has 2 N–H and O–H groups in total. The fourth-order valence-electron chi connectivity index (χ4n) is 5.70. The van der Waals surface area contributed by atoms with Gasteiger partial charge in [-0.25, -0.2) is 13.8 Å². The van der Waals surface area contributed by atoms with Crippen LogP contribution >= 0.6 is 11.6 Å². The van der Waals surface area contributed by atoms with E-state index in [1.165, 1.54) is 6.20 Å². The third kappa shape index (κ3) is 2.78. The number of hydrogen-bond donors (Lipinski definition) is 1. The predicted octanol–water partition coefficient (Wildman–Crippen LogP) is 2.17. The first-order chi connectivity index (χ1) is 14.4. The molecule has 0 bridgehead atoms. The van der Waals surface area contributed by atoms with Gasteiger partial charge in [0.2, 0.25) is 0 Å². The molecule has 7 nitrogen and oxygen atoms in total. The lowest BCUT2D eigenvalue weighted by Crippen LogP contribution is -2.43. The lowest BCUT2D eigenvalue weighted by molar-refractivity contribution is 0.107. The van der Waals surface area contributed by atoms with E-state index in [1.807, 2.05) is 0 Å². The Kier molecular flexibility index (Phi) is 4.14. The molecule has 160 valence electrons. The molecule has 2 aromatic heterocycles. The number of halogens is 3. The van der Waals surface area contributed by atoms with Gasteiger partial charge in [-0.3, -0.25) is 4.90 Å². The summed E-state index contributed by atoms with van der Waals surface area (Å²) >= 11 is 5.90. The lowest BCUT2D eigenvalue weighted by Gasteiger charge is -2.31. The van der Waals surface area contributed by atoms with Gasteiger partial charge in [0.25, 0.3) is 0 Å². The van der Waals surface area contributed by atoms with Crippen LogP contribution in [0.4, 0.5) is 14.6 Å². The third-order valence-corrected chi connectivity index (χ3v) is 7.66. The number of alkyl halides is 1. The lowest BCUT2D eigenvalue weighted by atomic mass is 9.95. The third-order valence-electron chi connectivity index (χ3n) is 7.39. The van der Waals surface area contributed by atoms with Crippen LogP contribution in [0.3, 0.4) is 0 Å². The Hall–Kier alpha value is -1.84. The summed E-state index contributed by atoms with van der Waals surface area (Å²) in [6.45, 7) is 3.14. The summed E-state index contributed by atoms with van der Waals surface area (Å²) in [4.78, 5) is 17.1. The number of aromatic nitrogens is 3. The minimum Gasteiger partial charge on any atom is -0.461 e. The van der Waals surface area contributed by atoms with E-state index < -0.39 is 12.0 Å². The van der Waals surface area contributed by atoms with Crippen LogP contribution in [0.2, 0.25) is 5.15 Å². The second-order valence-electron chi connectivity index (χ2n) is 9.13. The SMILES string of the molecule is NC1[C@H]2CN(c3nc(OC[C@@]45CCCN4C[C@H](F)C5)nc4c(F)c(Cl)ncc34)C[C@@H]12. The summed E-state index contributed by atoms with van der Waals surface area (Å²) in [6.07, 6.45) is 3.01. The normalized spacial score (nSPS) is 35.1. The Morgan fingerprint density at radius 3 is 2.87 bits per heavy atom. The van der Waals surface area contributed by atoms with Crippen molar-refractivity contribution in [2.24, 2.45) is 17.6 Å². The summed E-state index contributed by atoms with van der Waals surface area (Å²) in [5.74, 6) is 0.785. The number of fused-ring (bicyclic) bond motifs is 3. The first-order valence-electron chi connectivity index (χ1n) is 10.5. The van der Waals surface area contributed by atoms with Crippen LogP contribution in [0.15, 0.2) is 6.20 Å². The monoisotopic (exact) mass is 436 g/mol. The van der Waals surface area contributed by atoms with Gasteiger partial charge >= 0.3 is 6.01 Å². The molecular formula is C20H23ClF2N6O. The Morgan fingerprint density at radius 1 is 1.27 bits per heavy atom. The van der Waals surface area contributed by atoms with Crippen molar-refractivity contribution in [1.29, 1.82) is 0 Å². The minimum absolute atomic E-state index is 0.0899. The van der Waals surface area contributed by atoms with Gasteiger partial charge in [-0.1, -0.05) is 11.6 Å². The average molecular weight is 437 g/mol. The molecule has 3 aliphatic heterocycles. The first-order valence-corrected chi connectivity index (χ1v) is 10.9. The summed E-state index contributed by atoms with van der Waals surface area (Å²) < 4.78 is 34.8. The highest BCUT2D eigenvalue weighted by Crippen LogP contribution is 2.46. The van der Waals surface area contributed by atoms with E-state index in [0.29, 0.717) is 36.0 Å². The Labute approximate surface area is 177 Å². The molecule has 6 rings (SSSR count). The van der Waals surface area contributed by atoms with Crippen LogP contribution in [-0.2, 0) is 0 Å². The highest BCUT2D eigenvalue weighted by Gasteiger charge is 2.54. The number of nitrogens with two attached hydrogens (primary N) is 1. The Morgan fingerprint density at radius 2 is 2.07 bits per heavy atom. The number of rotatable bonds is 4. The average Bonchev–Trinajstić information content (AvgIpc) is 3.13. The summed E-state index contributed by atoms with van der Waals surface area (Å²) in [5, 5.41) is 0.269. The molecule has 5 atom stereocenters. The van der Waals surface area contributed by atoms with Crippen molar-refractivity contribution in [3.63, 3.8) is 0 Å². The van der Waals surface area contributed by atoms with Crippen molar-refractivity contribution in [3.8, 4) is 6.01 Å². The van der Waals surface area contributed by atoms with E-state index in [1.54, 1.807) is 0 Å². The molecule has 0 spiro atoms. The number of nitrogens with zero attached hydrogens (tertiary/aromatic N) is 5. The molecule has 5 heterocycles. The minimum atomic E-state index is -0.843. The fourth-order valence-corrected chi connectivity index (χ4v) is 5.84. The van der Waals surface area contributed by atoms with E-state index in [0.717, 1.165) is 32.5 Å². The molecule has 4 aliphatic rings. The molecule has 1 unspecified atom stereocenters. The number of piperidine rings is 1. The van der Waals surface area contributed by atoms with Gasteiger partial charge in [0, 0.05) is 38.3 Å². The molecule has 0 radical (unpaired) electrons. The van der Waals surface area contributed by atoms with E-state index in [2.05, 4.69) is 24.8 Å². The molecule has 4 fully saturated rings. The van der Waals surface area contributed by atoms with Gasteiger partial charge in [0.05, 0.1) is 10.9 Å². The van der Waals surface area contributed by atoms with E-state index in [4.69, 9.17) is 22.1 Å². The van der Waals surface area contributed by atoms with Crippen LogP contribution < -0.4 is 15.4 Å². The molecule has 1 aliphatic carbocycles. The van der Waals surface area contributed by atoms with Crippen LogP contribution in [-0.4, -0.2) is 70.4 Å². The Bertz CT molecular complexity index is 1010. The van der Waals surface area contributed by atoms with Crippen molar-refractivity contribution >= 4 is 28.3 Å². The standard InChI is InChI=1S/C20H23ClF2N6O/c21-17-14(23)16-11(5-25-17)18(28-7-12-13(8-28)15(12)24)27-19(26-16)30-9-20-2-1-3-29(20)6-10(22)4-20/h5,10,12-13,15H,1-4,6-9,24H2/t10-,12-,13+,15?,20+/m1/s1. The number of anilines is 1. The van der Waals surface area contributed by atoms with Crippen LogP contribution in [0.5, 0.6) is 6.01 Å². The maximum absolute atomic E-state index is 14.8. The molecular weight excluding hydrogens is 414 g/mol. The molecule has 10 heteroatoms. The van der Waals surface area contributed by atoms with Gasteiger partial charge in [0.1, 0.15) is 24.1 Å². The highest BCUT2D eigenvalue weighted by molar-refractivity contribution is 6.30. The van der Waals surface area contributed by atoms with Crippen molar-refractivity contribution in [1.82, 2.24) is 19.9 Å². The van der Waals surface area contributed by atoms with Crippen molar-refractivity contribution in [3.05, 3.63) is 17.2 Å². The molecule has 1 saturated carbocycles. The number of ether oxygens (including phenoxy) is 1. The summed E-state index contributed by atoms with van der Waals surface area (Å²) in [6, 6.07) is 0.324. The molecule has 3 saturated heterocycles. The number of pyridine rings is 1. The van der Waals surface area contributed by atoms with Crippen LogP contribution in [0.1, 0.15) is 19.3 Å². The largest absolute Gasteiger partial charge is 0.461 e. The quantitative estimate of drug-likeness (QED) is 0.735. The molecule has 0 amide bonds. The molecule has 2 aromatic rings. The molecule has 30 heavy (non-hydrogen) atoms.